The molecule has 0 aliphatic heterocycles. The van der Waals surface area contributed by atoms with Crippen LogP contribution in [0.2, 0.25) is 0 Å². The molecule has 0 amide bonds. The number of nitrogens with one attached hydrogen (secondary N) is 1. The van der Waals surface area contributed by atoms with Crippen molar-refractivity contribution in [3.63, 3.8) is 0 Å². The largest absolute Gasteiger partial charge is 0.307 e. The summed E-state index contributed by atoms with van der Waals surface area (Å²) < 4.78 is 14.5. The molecule has 0 spiro atoms. The fourth-order valence-corrected chi connectivity index (χ4v) is 2.49. The molecule has 0 radical (unpaired) electrons. The van der Waals surface area contributed by atoms with E-state index in [1.807, 2.05) is 19.2 Å². The Morgan fingerprint density at radius 1 is 1.32 bits per heavy atom. The van der Waals surface area contributed by atoms with Crippen molar-refractivity contribution in [1.82, 2.24) is 20.1 Å². The lowest BCUT2D eigenvalue weighted by Gasteiger charge is -2.36. The molecule has 1 N–H and O–H groups in total. The van der Waals surface area contributed by atoms with Crippen LogP contribution < -0.4 is 5.32 Å². The summed E-state index contributed by atoms with van der Waals surface area (Å²) in [6.45, 7) is 0.710. The molecular weight excluding hydrogens is 243 g/mol. The van der Waals surface area contributed by atoms with Gasteiger partial charge in [-0.3, -0.25) is 4.68 Å². The minimum absolute atomic E-state index is 0.168. The van der Waals surface area contributed by atoms with Gasteiger partial charge in [0, 0.05) is 13.1 Å². The Kier molecular flexibility index (Phi) is 3.29. The first-order valence-electron chi connectivity index (χ1n) is 6.54. The molecule has 1 aromatic carbocycles. The van der Waals surface area contributed by atoms with E-state index in [0.29, 0.717) is 18.5 Å². The van der Waals surface area contributed by atoms with E-state index >= 15 is 0 Å². The summed E-state index contributed by atoms with van der Waals surface area (Å²) in [6, 6.07) is 7.35. The van der Waals surface area contributed by atoms with Crippen LogP contribution in [-0.4, -0.2) is 20.8 Å². The van der Waals surface area contributed by atoms with Gasteiger partial charge in [0.15, 0.2) is 5.82 Å². The van der Waals surface area contributed by atoms with Crippen molar-refractivity contribution in [1.29, 1.82) is 0 Å². The molecule has 1 aliphatic rings. The van der Waals surface area contributed by atoms with Gasteiger partial charge in [0.1, 0.15) is 12.1 Å². The van der Waals surface area contributed by atoms with Crippen molar-refractivity contribution in [2.45, 2.75) is 31.3 Å². The Morgan fingerprint density at radius 2 is 2.05 bits per heavy atom. The van der Waals surface area contributed by atoms with Gasteiger partial charge >= 0.3 is 0 Å². The Bertz CT molecular complexity index is 543. The zero-order valence-electron chi connectivity index (χ0n) is 10.9. The van der Waals surface area contributed by atoms with Gasteiger partial charge in [-0.05, 0) is 36.5 Å². The van der Waals surface area contributed by atoms with Crippen LogP contribution in [0, 0.1) is 5.82 Å². The summed E-state index contributed by atoms with van der Waals surface area (Å²) in [5.41, 5.74) is 1.23. The molecule has 1 heterocycles. The van der Waals surface area contributed by atoms with Crippen molar-refractivity contribution < 1.29 is 4.39 Å². The average molecular weight is 260 g/mol. The molecule has 0 saturated heterocycles. The third kappa shape index (κ3) is 2.81. The number of aryl methyl sites for hydroxylation is 1. The van der Waals surface area contributed by atoms with Gasteiger partial charge in [0.05, 0.1) is 6.54 Å². The minimum Gasteiger partial charge on any atom is -0.307 e. The van der Waals surface area contributed by atoms with Gasteiger partial charge in [-0.1, -0.05) is 12.1 Å². The predicted molar refractivity (Wildman–Crippen MR) is 70.0 cm³/mol. The van der Waals surface area contributed by atoms with Crippen LogP contribution in [0.1, 0.15) is 30.1 Å². The maximum Gasteiger partial charge on any atom is 0.164 e. The Morgan fingerprint density at radius 3 is 2.68 bits per heavy atom. The van der Waals surface area contributed by atoms with Crippen LogP contribution in [0.15, 0.2) is 30.6 Å². The third-order valence-corrected chi connectivity index (χ3v) is 3.68. The van der Waals surface area contributed by atoms with Gasteiger partial charge in [-0.15, -0.1) is 0 Å². The van der Waals surface area contributed by atoms with Crippen molar-refractivity contribution >= 4 is 0 Å². The molecule has 100 valence electrons. The smallest absolute Gasteiger partial charge is 0.164 e. The Hall–Kier alpha value is -1.75. The Balaban J connectivity index is 1.46. The topological polar surface area (TPSA) is 42.7 Å². The van der Waals surface area contributed by atoms with Crippen molar-refractivity contribution in [2.75, 3.05) is 0 Å². The van der Waals surface area contributed by atoms with Gasteiger partial charge < -0.3 is 5.32 Å². The fourth-order valence-electron chi connectivity index (χ4n) is 2.49. The normalized spacial score (nSPS) is 22.2. The van der Waals surface area contributed by atoms with Crippen LogP contribution in [0.5, 0.6) is 0 Å². The van der Waals surface area contributed by atoms with Gasteiger partial charge in [-0.25, -0.2) is 9.37 Å². The second kappa shape index (κ2) is 5.09. The lowest BCUT2D eigenvalue weighted by molar-refractivity contribution is 0.287. The number of aromatic nitrogens is 3. The van der Waals surface area contributed by atoms with Crippen LogP contribution in [0.25, 0.3) is 0 Å². The van der Waals surface area contributed by atoms with E-state index in [1.54, 1.807) is 11.0 Å². The zero-order valence-corrected chi connectivity index (χ0v) is 10.9. The number of hydrogen-bond acceptors (Lipinski definition) is 3. The van der Waals surface area contributed by atoms with E-state index in [4.69, 9.17) is 0 Å². The molecule has 3 rings (SSSR count). The Labute approximate surface area is 111 Å². The number of hydrogen-bond donors (Lipinski definition) is 1. The van der Waals surface area contributed by atoms with E-state index in [1.165, 1.54) is 17.7 Å². The summed E-state index contributed by atoms with van der Waals surface area (Å²) in [6.07, 6.45) is 3.90. The summed E-state index contributed by atoms with van der Waals surface area (Å²) in [5, 5.41) is 7.68. The summed E-state index contributed by atoms with van der Waals surface area (Å²) >= 11 is 0. The molecule has 5 heteroatoms. The third-order valence-electron chi connectivity index (χ3n) is 3.68. The molecule has 19 heavy (non-hydrogen) atoms. The summed E-state index contributed by atoms with van der Waals surface area (Å²) in [5.74, 6) is 1.21. The standard InChI is InChI=1S/C14H17FN4/c1-19-9-17-14(18-19)8-16-13-6-11(7-13)10-2-4-12(15)5-3-10/h2-5,9,11,13,16H,6-8H2,1H3. The molecule has 1 aliphatic carbocycles. The van der Waals surface area contributed by atoms with Crippen LogP contribution in [-0.2, 0) is 13.6 Å². The number of rotatable bonds is 4. The van der Waals surface area contributed by atoms with E-state index in [-0.39, 0.29) is 5.82 Å². The van der Waals surface area contributed by atoms with Crippen LogP contribution in [0.4, 0.5) is 4.39 Å². The van der Waals surface area contributed by atoms with E-state index in [0.717, 1.165) is 18.7 Å². The molecule has 2 aromatic rings. The van der Waals surface area contributed by atoms with Gasteiger partial charge in [0.25, 0.3) is 0 Å². The first-order chi connectivity index (χ1) is 9.20. The predicted octanol–water partition coefficient (Wildman–Crippen LogP) is 1.99. The molecule has 0 unspecified atom stereocenters. The molecular formula is C14H17FN4. The highest BCUT2D eigenvalue weighted by atomic mass is 19.1. The molecule has 1 aromatic heterocycles. The fraction of sp³-hybridized carbons (Fsp3) is 0.429. The van der Waals surface area contributed by atoms with Crippen molar-refractivity contribution in [3.8, 4) is 0 Å². The highest BCUT2D eigenvalue weighted by molar-refractivity contribution is 5.23. The van der Waals surface area contributed by atoms with Gasteiger partial charge in [-0.2, -0.15) is 5.10 Å². The summed E-state index contributed by atoms with van der Waals surface area (Å²) in [7, 11) is 1.87. The number of nitrogens with zero attached hydrogens (tertiary/aromatic N) is 3. The van der Waals surface area contributed by atoms with Crippen molar-refractivity contribution in [3.05, 3.63) is 47.8 Å². The van der Waals surface area contributed by atoms with E-state index < -0.39 is 0 Å². The lowest BCUT2D eigenvalue weighted by Crippen LogP contribution is -2.39. The van der Waals surface area contributed by atoms with Crippen LogP contribution >= 0.6 is 0 Å². The van der Waals surface area contributed by atoms with E-state index in [2.05, 4.69) is 15.4 Å². The van der Waals surface area contributed by atoms with Crippen molar-refractivity contribution in [2.24, 2.45) is 7.05 Å². The molecule has 1 fully saturated rings. The molecule has 4 nitrogen and oxygen atoms in total. The first kappa shape index (κ1) is 12.3. The maximum atomic E-state index is 12.8. The minimum atomic E-state index is -0.168. The quantitative estimate of drug-likeness (QED) is 0.914. The number of benzene rings is 1. The number of halogens is 1. The maximum absolute atomic E-state index is 12.8. The zero-order chi connectivity index (χ0) is 13.2. The first-order valence-corrected chi connectivity index (χ1v) is 6.54. The van der Waals surface area contributed by atoms with Crippen LogP contribution in [0.3, 0.4) is 0 Å². The summed E-state index contributed by atoms with van der Waals surface area (Å²) in [4.78, 5) is 4.18. The average Bonchev–Trinajstić information content (AvgIpc) is 2.75. The highest BCUT2D eigenvalue weighted by Crippen LogP contribution is 2.36. The van der Waals surface area contributed by atoms with Gasteiger partial charge in [0.2, 0.25) is 0 Å². The molecule has 1 saturated carbocycles. The monoisotopic (exact) mass is 260 g/mol. The highest BCUT2D eigenvalue weighted by Gasteiger charge is 2.29. The molecule has 0 atom stereocenters. The second-order valence-electron chi connectivity index (χ2n) is 5.13. The second-order valence-corrected chi connectivity index (χ2v) is 5.13. The molecule has 0 bridgehead atoms. The van der Waals surface area contributed by atoms with E-state index in [9.17, 15) is 4.39 Å². The lowest BCUT2D eigenvalue weighted by atomic mass is 9.76. The SMILES string of the molecule is Cn1cnc(CNC2CC(c3ccc(F)cc3)C2)n1.